The fraction of sp³-hybridized carbons (Fsp3) is 0.667. The Morgan fingerprint density at radius 1 is 1.08 bits per heavy atom. The van der Waals surface area contributed by atoms with Crippen molar-refractivity contribution in [2.24, 2.45) is 0 Å². The molecule has 7 heteroatoms. The Kier molecular flexibility index (Phi) is 6.06. The highest BCUT2D eigenvalue weighted by molar-refractivity contribution is 7.89. The summed E-state index contributed by atoms with van der Waals surface area (Å²) in [5.41, 5.74) is 0.744. The van der Waals surface area contributed by atoms with Gasteiger partial charge in [-0.25, -0.2) is 8.42 Å². The summed E-state index contributed by atoms with van der Waals surface area (Å²) in [5, 5.41) is 0.458. The van der Waals surface area contributed by atoms with Gasteiger partial charge in [-0.1, -0.05) is 17.7 Å². The molecule has 3 rings (SSSR count). The quantitative estimate of drug-likeness (QED) is 0.798. The molecule has 0 aliphatic carbocycles. The number of ether oxygens (including phenoxy) is 1. The number of halogens is 1. The molecule has 0 bridgehead atoms. The van der Waals surface area contributed by atoms with Gasteiger partial charge in [0.05, 0.1) is 11.0 Å². The minimum Gasteiger partial charge on any atom is -0.381 e. The molecule has 5 nitrogen and oxygen atoms in total. The Hall–Kier alpha value is -0.660. The number of sulfonamides is 1. The summed E-state index contributed by atoms with van der Waals surface area (Å²) >= 11 is 6.01. The highest BCUT2D eigenvalue weighted by atomic mass is 35.5. The van der Waals surface area contributed by atoms with Gasteiger partial charge in [-0.05, 0) is 50.3 Å². The standard InChI is InChI=1S/C18H27ClN2O3S/c1-14-3-4-15(19)13-18(14)25(22,23)21-11-5-16(6-12-21)20-9-7-17(24-2)8-10-20/h3-4,13,16-17H,5-12H2,1-2H3. The predicted molar refractivity (Wildman–Crippen MR) is 99.6 cm³/mol. The molecule has 1 aromatic rings. The lowest BCUT2D eigenvalue weighted by molar-refractivity contribution is 0.0190. The van der Waals surface area contributed by atoms with Crippen LogP contribution in [0.25, 0.3) is 0 Å². The van der Waals surface area contributed by atoms with Crippen LogP contribution in [0.1, 0.15) is 31.2 Å². The van der Waals surface area contributed by atoms with Gasteiger partial charge in [0.25, 0.3) is 0 Å². The highest BCUT2D eigenvalue weighted by Gasteiger charge is 2.33. The van der Waals surface area contributed by atoms with Crippen molar-refractivity contribution in [3.8, 4) is 0 Å². The first kappa shape index (κ1) is 19.1. The average Bonchev–Trinajstić information content (AvgIpc) is 2.64. The summed E-state index contributed by atoms with van der Waals surface area (Å²) in [7, 11) is -1.69. The third kappa shape index (κ3) is 4.19. The first-order valence-corrected chi connectivity index (χ1v) is 10.8. The van der Waals surface area contributed by atoms with Gasteiger partial charge >= 0.3 is 0 Å². The maximum absolute atomic E-state index is 13.0. The summed E-state index contributed by atoms with van der Waals surface area (Å²) in [5.74, 6) is 0. The molecule has 25 heavy (non-hydrogen) atoms. The van der Waals surface area contributed by atoms with Crippen molar-refractivity contribution < 1.29 is 13.2 Å². The van der Waals surface area contributed by atoms with Gasteiger partial charge in [0.1, 0.15) is 0 Å². The van der Waals surface area contributed by atoms with Crippen molar-refractivity contribution in [2.45, 2.75) is 49.6 Å². The lowest BCUT2D eigenvalue weighted by Gasteiger charge is -2.41. The van der Waals surface area contributed by atoms with Crippen LogP contribution in [0, 0.1) is 6.92 Å². The van der Waals surface area contributed by atoms with E-state index in [0.29, 0.717) is 35.2 Å². The number of benzene rings is 1. The van der Waals surface area contributed by atoms with Crippen LogP contribution in [-0.4, -0.2) is 63.1 Å². The molecular formula is C18H27ClN2O3S. The monoisotopic (exact) mass is 386 g/mol. The summed E-state index contributed by atoms with van der Waals surface area (Å²) in [4.78, 5) is 2.84. The largest absolute Gasteiger partial charge is 0.381 e. The smallest absolute Gasteiger partial charge is 0.243 e. The third-order valence-corrected chi connectivity index (χ3v) is 7.79. The van der Waals surface area contributed by atoms with Crippen LogP contribution in [0.4, 0.5) is 0 Å². The zero-order valence-corrected chi connectivity index (χ0v) is 16.5. The topological polar surface area (TPSA) is 49.9 Å². The highest BCUT2D eigenvalue weighted by Crippen LogP contribution is 2.28. The molecule has 1 aromatic carbocycles. The van der Waals surface area contributed by atoms with Crippen molar-refractivity contribution in [1.29, 1.82) is 0 Å². The van der Waals surface area contributed by atoms with Crippen LogP contribution >= 0.6 is 11.6 Å². The van der Waals surface area contributed by atoms with Crippen molar-refractivity contribution in [3.63, 3.8) is 0 Å². The second-order valence-corrected chi connectivity index (χ2v) is 9.36. The molecule has 0 radical (unpaired) electrons. The van der Waals surface area contributed by atoms with E-state index in [-0.39, 0.29) is 0 Å². The van der Waals surface area contributed by atoms with Crippen LogP contribution in [0.2, 0.25) is 5.02 Å². The number of nitrogens with zero attached hydrogens (tertiary/aromatic N) is 2. The Morgan fingerprint density at radius 2 is 1.72 bits per heavy atom. The zero-order chi connectivity index (χ0) is 18.0. The molecule has 140 valence electrons. The van der Waals surface area contributed by atoms with Crippen molar-refractivity contribution >= 4 is 21.6 Å². The fourth-order valence-corrected chi connectivity index (χ4v) is 5.87. The number of rotatable bonds is 4. The molecule has 2 aliphatic rings. The molecule has 0 N–H and O–H groups in total. The van der Waals surface area contributed by atoms with E-state index in [2.05, 4.69) is 4.90 Å². The van der Waals surface area contributed by atoms with Crippen molar-refractivity contribution in [1.82, 2.24) is 9.21 Å². The molecule has 2 fully saturated rings. The summed E-state index contributed by atoms with van der Waals surface area (Å²) < 4.78 is 33.0. The molecule has 0 unspecified atom stereocenters. The summed E-state index contributed by atoms with van der Waals surface area (Å²) in [6.45, 7) is 5.05. The fourth-order valence-electron chi connectivity index (χ4n) is 3.92. The molecule has 2 saturated heterocycles. The predicted octanol–water partition coefficient (Wildman–Crippen LogP) is 2.91. The molecule has 2 aliphatic heterocycles. The van der Waals surface area contributed by atoms with Crippen molar-refractivity contribution in [3.05, 3.63) is 28.8 Å². The summed E-state index contributed by atoms with van der Waals surface area (Å²) in [6.07, 6.45) is 4.28. The lowest BCUT2D eigenvalue weighted by Crippen LogP contribution is -2.49. The summed E-state index contributed by atoms with van der Waals surface area (Å²) in [6, 6.07) is 5.53. The van der Waals surface area contributed by atoms with Gasteiger partial charge in [-0.15, -0.1) is 0 Å². The molecule has 0 saturated carbocycles. The third-order valence-electron chi connectivity index (χ3n) is 5.52. The van der Waals surface area contributed by atoms with Crippen LogP contribution in [0.3, 0.4) is 0 Å². The number of hydrogen-bond donors (Lipinski definition) is 0. The second kappa shape index (κ2) is 7.92. The SMILES string of the molecule is COC1CCN(C2CCN(S(=O)(=O)c3cc(Cl)ccc3C)CC2)CC1. The molecule has 0 atom stereocenters. The molecular weight excluding hydrogens is 360 g/mol. The Morgan fingerprint density at radius 3 is 2.32 bits per heavy atom. The van der Waals surface area contributed by atoms with Crippen LogP contribution in [0.5, 0.6) is 0 Å². The number of likely N-dealkylation sites (tertiary alicyclic amines) is 1. The van der Waals surface area contributed by atoms with Gasteiger partial charge in [0, 0.05) is 44.4 Å². The van der Waals surface area contributed by atoms with E-state index in [1.54, 1.807) is 29.6 Å². The number of methoxy groups -OCH3 is 1. The molecule has 2 heterocycles. The first-order chi connectivity index (χ1) is 11.9. The average molecular weight is 387 g/mol. The first-order valence-electron chi connectivity index (χ1n) is 8.95. The normalized spacial score (nSPS) is 22.4. The van der Waals surface area contributed by atoms with Gasteiger partial charge < -0.3 is 9.64 Å². The number of piperidine rings is 2. The van der Waals surface area contributed by atoms with E-state index >= 15 is 0 Å². The zero-order valence-electron chi connectivity index (χ0n) is 14.9. The number of aryl methyl sites for hydroxylation is 1. The van der Waals surface area contributed by atoms with Crippen LogP contribution in [0.15, 0.2) is 23.1 Å². The van der Waals surface area contributed by atoms with Crippen LogP contribution in [-0.2, 0) is 14.8 Å². The molecule has 0 spiro atoms. The van der Waals surface area contributed by atoms with Gasteiger partial charge in [0.2, 0.25) is 10.0 Å². The van der Waals surface area contributed by atoms with E-state index in [9.17, 15) is 8.42 Å². The Balaban J connectivity index is 1.63. The van der Waals surface area contributed by atoms with Gasteiger partial charge in [0.15, 0.2) is 0 Å². The van der Waals surface area contributed by atoms with E-state index in [1.807, 2.05) is 6.92 Å². The van der Waals surface area contributed by atoms with Crippen molar-refractivity contribution in [2.75, 3.05) is 33.3 Å². The lowest BCUT2D eigenvalue weighted by atomic mass is 10.00. The Bertz CT molecular complexity index is 694. The van der Waals surface area contributed by atoms with E-state index in [0.717, 1.165) is 44.3 Å². The van der Waals surface area contributed by atoms with E-state index < -0.39 is 10.0 Å². The molecule has 0 aromatic heterocycles. The minimum atomic E-state index is -3.47. The second-order valence-electron chi connectivity index (χ2n) is 7.02. The van der Waals surface area contributed by atoms with Gasteiger partial charge in [-0.2, -0.15) is 4.31 Å². The van der Waals surface area contributed by atoms with Gasteiger partial charge in [-0.3, -0.25) is 0 Å². The minimum absolute atomic E-state index is 0.333. The van der Waals surface area contributed by atoms with Crippen LogP contribution < -0.4 is 0 Å². The van der Waals surface area contributed by atoms with E-state index in [4.69, 9.17) is 16.3 Å². The maximum Gasteiger partial charge on any atom is 0.243 e. The van der Waals surface area contributed by atoms with E-state index in [1.165, 1.54) is 0 Å². The Labute approximate surface area is 155 Å². The maximum atomic E-state index is 13.0. The molecule has 0 amide bonds. The number of hydrogen-bond acceptors (Lipinski definition) is 4.